The Morgan fingerprint density at radius 2 is 2.00 bits per heavy atom. The van der Waals surface area contributed by atoms with Crippen LogP contribution in [-0.2, 0) is 4.74 Å². The molecule has 1 rings (SSSR count). The summed E-state index contributed by atoms with van der Waals surface area (Å²) in [6, 6.07) is 7.29. The molecule has 0 aliphatic rings. The predicted molar refractivity (Wildman–Crippen MR) is 69.7 cm³/mol. The summed E-state index contributed by atoms with van der Waals surface area (Å²) in [4.78, 5) is 11.9. The lowest BCUT2D eigenvalue weighted by molar-refractivity contribution is 0.0632. The lowest BCUT2D eigenvalue weighted by atomic mass is 10.1. The fourth-order valence-electron chi connectivity index (χ4n) is 1.33. The van der Waals surface area contributed by atoms with Crippen LogP contribution in [-0.4, -0.2) is 5.97 Å². The largest absolute Gasteiger partial charge is 0.423 e. The molecule has 2 heteroatoms. The number of rotatable bonds is 4. The van der Waals surface area contributed by atoms with E-state index in [4.69, 9.17) is 4.74 Å². The highest BCUT2D eigenvalue weighted by Crippen LogP contribution is 2.15. The number of carbonyl (C=O) groups excluding carboxylic acids is 1. The van der Waals surface area contributed by atoms with Crippen LogP contribution in [0.4, 0.5) is 0 Å². The van der Waals surface area contributed by atoms with Gasteiger partial charge in [-0.3, -0.25) is 0 Å². The molecule has 17 heavy (non-hydrogen) atoms. The monoisotopic (exact) mass is 228 g/mol. The maximum atomic E-state index is 11.9. The molecule has 0 aliphatic carbocycles. The van der Waals surface area contributed by atoms with Gasteiger partial charge in [-0.1, -0.05) is 37.4 Å². The third-order valence-electron chi connectivity index (χ3n) is 2.26. The number of hydrogen-bond donors (Lipinski definition) is 0. The molecule has 0 N–H and O–H groups in total. The van der Waals surface area contributed by atoms with Gasteiger partial charge in [-0.15, -0.1) is 0 Å². The van der Waals surface area contributed by atoms with Crippen molar-refractivity contribution in [1.82, 2.24) is 0 Å². The van der Waals surface area contributed by atoms with E-state index < -0.39 is 0 Å². The predicted octanol–water partition coefficient (Wildman–Crippen LogP) is 3.80. The van der Waals surface area contributed by atoms with E-state index in [9.17, 15) is 4.79 Å². The lowest BCUT2D eigenvalue weighted by Gasteiger charge is -2.09. The number of ether oxygens (including phenoxy) is 1. The molecule has 0 radical (unpaired) electrons. The summed E-state index contributed by atoms with van der Waals surface area (Å²) in [7, 11) is 0. The van der Waals surface area contributed by atoms with Gasteiger partial charge in [-0.25, -0.2) is 4.79 Å². The second-order valence-corrected chi connectivity index (χ2v) is 3.75. The zero-order chi connectivity index (χ0) is 12.8. The zero-order valence-electron chi connectivity index (χ0n) is 10.2. The van der Waals surface area contributed by atoms with E-state index in [0.29, 0.717) is 16.9 Å². The van der Waals surface area contributed by atoms with Gasteiger partial charge in [0.1, 0.15) is 5.76 Å². The smallest absolute Gasteiger partial charge is 0.343 e. The van der Waals surface area contributed by atoms with Crippen molar-refractivity contribution in [2.24, 2.45) is 0 Å². The highest BCUT2D eigenvalue weighted by molar-refractivity contribution is 5.91. The number of esters is 1. The Morgan fingerprint density at radius 3 is 2.53 bits per heavy atom. The first kappa shape index (κ1) is 13.0. The van der Waals surface area contributed by atoms with Gasteiger partial charge in [-0.2, -0.15) is 0 Å². The fourth-order valence-corrected chi connectivity index (χ4v) is 1.33. The topological polar surface area (TPSA) is 26.3 Å². The summed E-state index contributed by atoms with van der Waals surface area (Å²) in [6.07, 6.45) is 3.19. The Hall–Kier alpha value is -2.09. The molecule has 0 fully saturated rings. The van der Waals surface area contributed by atoms with E-state index in [2.05, 4.69) is 13.2 Å². The van der Waals surface area contributed by atoms with Gasteiger partial charge < -0.3 is 4.74 Å². The minimum Gasteiger partial charge on any atom is -0.423 e. The van der Waals surface area contributed by atoms with Crippen LogP contribution in [0.3, 0.4) is 0 Å². The minimum absolute atomic E-state index is 0.376. The van der Waals surface area contributed by atoms with Gasteiger partial charge >= 0.3 is 5.97 Å². The maximum Gasteiger partial charge on any atom is 0.343 e. The van der Waals surface area contributed by atoms with Gasteiger partial charge in [0.25, 0.3) is 0 Å². The highest BCUT2D eigenvalue weighted by atomic mass is 16.5. The summed E-state index contributed by atoms with van der Waals surface area (Å²) in [5.74, 6) is 0.0625. The Labute approximate surface area is 102 Å². The average molecular weight is 228 g/mol. The van der Waals surface area contributed by atoms with Crippen molar-refractivity contribution < 1.29 is 9.53 Å². The van der Waals surface area contributed by atoms with Crippen LogP contribution in [0.15, 0.2) is 60.9 Å². The van der Waals surface area contributed by atoms with Crippen LogP contribution in [0, 0.1) is 6.92 Å². The summed E-state index contributed by atoms with van der Waals surface area (Å²) >= 11 is 0. The highest BCUT2D eigenvalue weighted by Gasteiger charge is 2.12. The van der Waals surface area contributed by atoms with Gasteiger partial charge in [0.05, 0.1) is 5.56 Å². The van der Waals surface area contributed by atoms with Crippen molar-refractivity contribution in [3.63, 3.8) is 0 Å². The Kier molecular flexibility index (Phi) is 4.46. The summed E-state index contributed by atoms with van der Waals surface area (Å²) in [5.41, 5.74) is 2.13. The summed E-state index contributed by atoms with van der Waals surface area (Å²) in [5, 5.41) is 0. The molecule has 0 unspecified atom stereocenters. The van der Waals surface area contributed by atoms with E-state index in [0.717, 1.165) is 5.56 Å². The van der Waals surface area contributed by atoms with Gasteiger partial charge in [0, 0.05) is 0 Å². The van der Waals surface area contributed by atoms with Gasteiger partial charge in [0.2, 0.25) is 0 Å². The molecule has 0 saturated carbocycles. The number of aryl methyl sites for hydroxylation is 1. The second kappa shape index (κ2) is 5.85. The normalized spacial score (nSPS) is 10.8. The molecule has 0 aliphatic heterocycles. The van der Waals surface area contributed by atoms with Crippen LogP contribution in [0.5, 0.6) is 0 Å². The van der Waals surface area contributed by atoms with E-state index >= 15 is 0 Å². The maximum absolute atomic E-state index is 11.9. The third kappa shape index (κ3) is 3.45. The molecule has 0 aromatic heterocycles. The van der Waals surface area contributed by atoms with E-state index in [1.807, 2.05) is 19.1 Å². The van der Waals surface area contributed by atoms with Crippen molar-refractivity contribution in [2.45, 2.75) is 13.8 Å². The molecule has 0 heterocycles. The number of allylic oxidation sites excluding steroid dienone is 3. The quantitative estimate of drug-likeness (QED) is 0.445. The fraction of sp³-hybridized carbons (Fsp3) is 0.133. The Balaban J connectivity index is 2.93. The van der Waals surface area contributed by atoms with Crippen molar-refractivity contribution in [3.8, 4) is 0 Å². The minimum atomic E-state index is -0.376. The van der Waals surface area contributed by atoms with Crippen LogP contribution in [0.2, 0.25) is 0 Å². The number of carbonyl (C=O) groups is 1. The van der Waals surface area contributed by atoms with E-state index in [1.165, 1.54) is 0 Å². The molecule has 0 bridgehead atoms. The number of hydrogen-bond acceptors (Lipinski definition) is 2. The lowest BCUT2D eigenvalue weighted by Crippen LogP contribution is -2.07. The first-order valence-electron chi connectivity index (χ1n) is 5.32. The molecule has 2 nitrogen and oxygen atoms in total. The Morgan fingerprint density at radius 1 is 1.35 bits per heavy atom. The van der Waals surface area contributed by atoms with Crippen molar-refractivity contribution in [1.29, 1.82) is 0 Å². The molecule has 0 saturated heterocycles. The Bertz CT molecular complexity index is 481. The van der Waals surface area contributed by atoms with Gasteiger partial charge in [0.15, 0.2) is 0 Å². The van der Waals surface area contributed by atoms with Crippen molar-refractivity contribution >= 4 is 5.97 Å². The second-order valence-electron chi connectivity index (χ2n) is 3.75. The van der Waals surface area contributed by atoms with E-state index in [-0.39, 0.29) is 5.97 Å². The van der Waals surface area contributed by atoms with Crippen molar-refractivity contribution in [2.75, 3.05) is 0 Å². The number of benzene rings is 1. The first-order valence-corrected chi connectivity index (χ1v) is 5.32. The summed E-state index contributed by atoms with van der Waals surface area (Å²) < 4.78 is 5.27. The van der Waals surface area contributed by atoms with Crippen molar-refractivity contribution in [3.05, 3.63) is 72.0 Å². The molecule has 0 spiro atoms. The first-order chi connectivity index (χ1) is 8.06. The standard InChI is InChI=1S/C15H16O2/c1-5-8-14(11(2)3)17-15(16)13-10-7-6-9-12(13)4/h5-10H,1-2H2,3-4H3/b14-8+. The molecule has 1 aromatic rings. The van der Waals surface area contributed by atoms with Gasteiger partial charge in [-0.05, 0) is 37.1 Å². The molecule has 0 atom stereocenters. The molecule has 88 valence electrons. The average Bonchev–Trinajstić information content (AvgIpc) is 2.28. The zero-order valence-corrected chi connectivity index (χ0v) is 10.2. The van der Waals surface area contributed by atoms with Crippen LogP contribution in [0.1, 0.15) is 22.8 Å². The van der Waals surface area contributed by atoms with Crippen LogP contribution < -0.4 is 0 Å². The van der Waals surface area contributed by atoms with Crippen LogP contribution in [0.25, 0.3) is 0 Å². The molecule has 0 amide bonds. The summed E-state index contributed by atoms with van der Waals surface area (Å²) in [6.45, 7) is 11.0. The molecular weight excluding hydrogens is 212 g/mol. The molecule has 1 aromatic carbocycles. The SMILES string of the molecule is C=C/C=C(/OC(=O)c1ccccc1C)C(=C)C. The third-order valence-corrected chi connectivity index (χ3v) is 2.26. The molecular formula is C15H16O2. The van der Waals surface area contributed by atoms with E-state index in [1.54, 1.807) is 31.2 Å². The van der Waals surface area contributed by atoms with Crippen LogP contribution >= 0.6 is 0 Å².